The fraction of sp³-hybridized carbons (Fsp3) is 0.391. The molecule has 5 nitrogen and oxygen atoms in total. The zero-order valence-corrected chi connectivity index (χ0v) is 15.8. The van der Waals surface area contributed by atoms with Crippen molar-refractivity contribution in [2.75, 3.05) is 6.61 Å². The van der Waals surface area contributed by atoms with Gasteiger partial charge in [-0.3, -0.25) is 4.79 Å². The van der Waals surface area contributed by atoms with E-state index in [1.165, 1.54) is 22.3 Å². The highest BCUT2D eigenvalue weighted by Gasteiger charge is 2.73. The van der Waals surface area contributed by atoms with Gasteiger partial charge in [-0.05, 0) is 53.9 Å². The van der Waals surface area contributed by atoms with Gasteiger partial charge in [0.05, 0.1) is 5.41 Å². The van der Waals surface area contributed by atoms with E-state index < -0.39 is 17.5 Å². The fourth-order valence-electron chi connectivity index (χ4n) is 5.52. The molecule has 2 bridgehead atoms. The first-order valence-electron chi connectivity index (χ1n) is 9.79. The number of carbonyl (C=O) groups excluding carboxylic acids is 1. The summed E-state index contributed by atoms with van der Waals surface area (Å²) in [7, 11) is 0. The highest BCUT2D eigenvalue weighted by Crippen LogP contribution is 2.74. The number of benzene rings is 2. The quantitative estimate of drug-likeness (QED) is 0.820. The molecule has 0 spiro atoms. The molecule has 4 aliphatic carbocycles. The normalized spacial score (nSPS) is 27.6. The lowest BCUT2D eigenvalue weighted by molar-refractivity contribution is -0.230. The van der Waals surface area contributed by atoms with Crippen molar-refractivity contribution < 1.29 is 19.4 Å². The topological polar surface area (TPSA) is 75.6 Å². The molecule has 0 saturated heterocycles. The Labute approximate surface area is 163 Å². The molecular formula is C23H23NO4. The molecule has 0 radical (unpaired) electrons. The zero-order chi connectivity index (χ0) is 19.5. The molecule has 2 N–H and O–H groups in total. The summed E-state index contributed by atoms with van der Waals surface area (Å²) in [5, 5.41) is 12.2. The standard InChI is InChI=1S/C23H23NO4/c1-14(22-11-23(12-22,13-22)20(25)26)24-21(27)28-10-19-17-8-4-2-6-15(17)16-7-3-5-9-18(16)19/h2-9,14,19H,10-13H2,1H3,(H,24,27)(H,25,26). The molecule has 144 valence electrons. The lowest BCUT2D eigenvalue weighted by atomic mass is 9.33. The first-order chi connectivity index (χ1) is 13.4. The minimum Gasteiger partial charge on any atom is -0.481 e. The number of nitrogens with one attached hydrogen (secondary N) is 1. The van der Waals surface area contributed by atoms with Gasteiger partial charge in [-0.1, -0.05) is 48.5 Å². The largest absolute Gasteiger partial charge is 0.481 e. The lowest BCUT2D eigenvalue weighted by Crippen LogP contribution is -2.71. The average molecular weight is 377 g/mol. The molecule has 1 unspecified atom stereocenters. The highest BCUT2D eigenvalue weighted by atomic mass is 16.5. The summed E-state index contributed by atoms with van der Waals surface area (Å²) in [6.45, 7) is 2.24. The summed E-state index contributed by atoms with van der Waals surface area (Å²) in [6.07, 6.45) is 1.53. The van der Waals surface area contributed by atoms with Crippen LogP contribution in [0.4, 0.5) is 4.79 Å². The molecule has 3 fully saturated rings. The van der Waals surface area contributed by atoms with E-state index in [9.17, 15) is 14.7 Å². The van der Waals surface area contributed by atoms with Gasteiger partial charge in [0.25, 0.3) is 0 Å². The van der Waals surface area contributed by atoms with Crippen LogP contribution in [0, 0.1) is 10.8 Å². The van der Waals surface area contributed by atoms with Crippen LogP contribution in [-0.4, -0.2) is 29.8 Å². The number of hydrogen-bond acceptors (Lipinski definition) is 3. The van der Waals surface area contributed by atoms with Crippen LogP contribution in [0.3, 0.4) is 0 Å². The molecule has 0 heterocycles. The molecular weight excluding hydrogens is 354 g/mol. The number of aliphatic carboxylic acids is 1. The predicted molar refractivity (Wildman–Crippen MR) is 104 cm³/mol. The SMILES string of the molecule is CC(NC(=O)OCC1c2ccccc2-c2ccccc21)C12CC(C(=O)O)(C1)C2. The number of alkyl carbamates (subject to hydrolysis) is 1. The minimum atomic E-state index is -0.706. The average Bonchev–Trinajstić information content (AvgIpc) is 2.91. The van der Waals surface area contributed by atoms with Gasteiger partial charge < -0.3 is 15.2 Å². The van der Waals surface area contributed by atoms with E-state index in [2.05, 4.69) is 29.6 Å². The third-order valence-electron chi connectivity index (χ3n) is 7.12. The van der Waals surface area contributed by atoms with Crippen LogP contribution in [0.15, 0.2) is 48.5 Å². The molecule has 2 aromatic carbocycles. The van der Waals surface area contributed by atoms with Crippen molar-refractivity contribution in [1.29, 1.82) is 0 Å². The Kier molecular flexibility index (Phi) is 3.60. The van der Waals surface area contributed by atoms with E-state index >= 15 is 0 Å². The van der Waals surface area contributed by atoms with Gasteiger partial charge in [0, 0.05) is 12.0 Å². The van der Waals surface area contributed by atoms with Crippen molar-refractivity contribution in [3.63, 3.8) is 0 Å². The molecule has 1 atom stereocenters. The molecule has 6 rings (SSSR count). The van der Waals surface area contributed by atoms with Gasteiger partial charge in [-0.2, -0.15) is 0 Å². The van der Waals surface area contributed by atoms with Crippen molar-refractivity contribution >= 4 is 12.1 Å². The molecule has 3 saturated carbocycles. The summed E-state index contributed by atoms with van der Waals surface area (Å²) in [5.74, 6) is -0.665. The second-order valence-corrected chi connectivity index (χ2v) is 8.67. The Balaban J connectivity index is 1.23. The zero-order valence-electron chi connectivity index (χ0n) is 15.8. The smallest absolute Gasteiger partial charge is 0.407 e. The maximum Gasteiger partial charge on any atom is 0.407 e. The molecule has 0 aromatic heterocycles. The van der Waals surface area contributed by atoms with Gasteiger partial charge in [0.1, 0.15) is 6.61 Å². The van der Waals surface area contributed by atoms with Crippen LogP contribution in [0.5, 0.6) is 0 Å². The maximum absolute atomic E-state index is 12.4. The predicted octanol–water partition coefficient (Wildman–Crippen LogP) is 4.17. The number of carbonyl (C=O) groups is 2. The van der Waals surface area contributed by atoms with Crippen LogP contribution in [0.1, 0.15) is 43.2 Å². The van der Waals surface area contributed by atoms with Gasteiger partial charge >= 0.3 is 12.1 Å². The Morgan fingerprint density at radius 2 is 1.61 bits per heavy atom. The second-order valence-electron chi connectivity index (χ2n) is 8.67. The third-order valence-corrected chi connectivity index (χ3v) is 7.12. The number of rotatable bonds is 5. The van der Waals surface area contributed by atoms with E-state index in [0.29, 0.717) is 25.9 Å². The second kappa shape index (κ2) is 5.84. The van der Waals surface area contributed by atoms with Crippen LogP contribution >= 0.6 is 0 Å². The number of carboxylic acid groups (broad SMARTS) is 1. The van der Waals surface area contributed by atoms with E-state index in [-0.39, 0.29) is 17.4 Å². The van der Waals surface area contributed by atoms with E-state index in [4.69, 9.17) is 4.74 Å². The summed E-state index contributed by atoms with van der Waals surface area (Å²) in [5.41, 5.74) is 4.18. The van der Waals surface area contributed by atoms with Crippen LogP contribution < -0.4 is 5.32 Å². The molecule has 2 aromatic rings. The van der Waals surface area contributed by atoms with Crippen molar-refractivity contribution in [1.82, 2.24) is 5.32 Å². The number of fused-ring (bicyclic) bond motifs is 3. The van der Waals surface area contributed by atoms with Crippen molar-refractivity contribution in [2.45, 2.75) is 38.1 Å². The number of hydrogen-bond donors (Lipinski definition) is 2. The molecule has 5 heteroatoms. The molecule has 1 amide bonds. The Hall–Kier alpha value is -2.82. The maximum atomic E-state index is 12.4. The monoisotopic (exact) mass is 377 g/mol. The first kappa shape index (κ1) is 17.3. The summed E-state index contributed by atoms with van der Waals surface area (Å²) >= 11 is 0. The summed E-state index contributed by atoms with van der Waals surface area (Å²) < 4.78 is 5.60. The van der Waals surface area contributed by atoms with Gasteiger partial charge in [-0.15, -0.1) is 0 Å². The van der Waals surface area contributed by atoms with Crippen LogP contribution in [0.25, 0.3) is 11.1 Å². The third kappa shape index (κ3) is 2.32. The van der Waals surface area contributed by atoms with Gasteiger partial charge in [0.15, 0.2) is 0 Å². The Morgan fingerprint density at radius 1 is 1.07 bits per heavy atom. The van der Waals surface area contributed by atoms with Crippen molar-refractivity contribution in [3.05, 3.63) is 59.7 Å². The Bertz CT molecular complexity index is 917. The minimum absolute atomic E-state index is 0.0404. The van der Waals surface area contributed by atoms with Crippen molar-refractivity contribution in [2.24, 2.45) is 10.8 Å². The van der Waals surface area contributed by atoms with E-state index in [1.807, 2.05) is 31.2 Å². The molecule has 28 heavy (non-hydrogen) atoms. The van der Waals surface area contributed by atoms with E-state index in [1.54, 1.807) is 0 Å². The number of ether oxygens (including phenoxy) is 1. The first-order valence-corrected chi connectivity index (χ1v) is 9.79. The molecule has 0 aliphatic heterocycles. The van der Waals surface area contributed by atoms with Crippen LogP contribution in [-0.2, 0) is 9.53 Å². The van der Waals surface area contributed by atoms with Gasteiger partial charge in [0.2, 0.25) is 0 Å². The molecule has 4 aliphatic rings. The number of amides is 1. The van der Waals surface area contributed by atoms with E-state index in [0.717, 1.165) is 0 Å². The van der Waals surface area contributed by atoms with Crippen LogP contribution in [0.2, 0.25) is 0 Å². The van der Waals surface area contributed by atoms with Gasteiger partial charge in [-0.25, -0.2) is 4.79 Å². The summed E-state index contributed by atoms with van der Waals surface area (Å²) in [6, 6.07) is 16.4. The lowest BCUT2D eigenvalue weighted by Gasteiger charge is -2.70. The summed E-state index contributed by atoms with van der Waals surface area (Å²) in [4.78, 5) is 23.7. The number of carboxylic acids is 1. The fourth-order valence-corrected chi connectivity index (χ4v) is 5.52. The highest BCUT2D eigenvalue weighted by molar-refractivity contribution is 5.80. The Morgan fingerprint density at radius 3 is 2.14 bits per heavy atom. The van der Waals surface area contributed by atoms with Crippen molar-refractivity contribution in [3.8, 4) is 11.1 Å².